The molecule has 0 saturated heterocycles. The summed E-state index contributed by atoms with van der Waals surface area (Å²) < 4.78 is 0.937. The number of carbonyl (C=O) groups excluding carboxylic acids is 1. The van der Waals surface area contributed by atoms with Gasteiger partial charge in [0.05, 0.1) is 16.5 Å². The molecule has 0 aliphatic carbocycles. The largest absolute Gasteiger partial charge is 0.336 e. The number of hydrogen-bond acceptors (Lipinski definition) is 4. The molecule has 110 valence electrons. The van der Waals surface area contributed by atoms with E-state index in [1.54, 1.807) is 7.05 Å². The molecule has 0 unspecified atom stereocenters. The zero-order chi connectivity index (χ0) is 15.6. The van der Waals surface area contributed by atoms with Crippen LogP contribution in [0.1, 0.15) is 15.2 Å². The van der Waals surface area contributed by atoms with E-state index in [0.29, 0.717) is 6.54 Å². The fraction of sp³-hybridized carbons (Fsp3) is 0.154. The molecule has 0 spiro atoms. The molecule has 1 heterocycles. The van der Waals surface area contributed by atoms with Crippen molar-refractivity contribution < 1.29 is 9.72 Å². The number of rotatable bonds is 4. The number of benzene rings is 1. The monoisotopic (exact) mass is 388 g/mol. The van der Waals surface area contributed by atoms with Crippen LogP contribution in [0.15, 0.2) is 34.1 Å². The Balaban J connectivity index is 2.29. The number of nitrogens with zero attached hydrogens (tertiary/aromatic N) is 2. The average Bonchev–Trinajstić information content (AvgIpc) is 2.82. The zero-order valence-corrected chi connectivity index (χ0v) is 14.0. The van der Waals surface area contributed by atoms with Gasteiger partial charge in [0.1, 0.15) is 5.56 Å². The average molecular weight is 390 g/mol. The molecular formula is C13H10BrClN2O3S. The number of hydrogen-bond donors (Lipinski definition) is 0. The molecule has 0 aliphatic heterocycles. The Bertz CT molecular complexity index is 704. The van der Waals surface area contributed by atoms with Crippen LogP contribution >= 0.6 is 38.9 Å². The summed E-state index contributed by atoms with van der Waals surface area (Å²) >= 11 is 10.8. The number of amides is 1. The minimum absolute atomic E-state index is 0.0772. The number of halogens is 2. The van der Waals surface area contributed by atoms with Crippen molar-refractivity contribution in [1.82, 2.24) is 4.90 Å². The maximum absolute atomic E-state index is 12.4. The van der Waals surface area contributed by atoms with Gasteiger partial charge in [-0.15, -0.1) is 11.3 Å². The Labute approximate surface area is 138 Å². The Morgan fingerprint density at radius 3 is 2.81 bits per heavy atom. The molecule has 0 atom stereocenters. The highest BCUT2D eigenvalue weighted by atomic mass is 79.9. The smallest absolute Gasteiger partial charge is 0.283 e. The highest BCUT2D eigenvalue weighted by molar-refractivity contribution is 9.10. The number of nitro groups is 1. The van der Waals surface area contributed by atoms with E-state index >= 15 is 0 Å². The standard InChI is InChI=1S/C13H10BrClN2O3S/c1-16(6-9-5-8(14)7-21-9)13(18)12-10(15)3-2-4-11(12)17(19)20/h2-5,7H,6H2,1H3. The molecule has 0 N–H and O–H groups in total. The van der Waals surface area contributed by atoms with Gasteiger partial charge in [0.25, 0.3) is 11.6 Å². The van der Waals surface area contributed by atoms with Gasteiger partial charge in [0, 0.05) is 27.8 Å². The minimum atomic E-state index is -0.602. The first-order valence-corrected chi connectivity index (χ1v) is 7.86. The van der Waals surface area contributed by atoms with Crippen LogP contribution in [-0.2, 0) is 6.54 Å². The molecule has 8 heteroatoms. The fourth-order valence-corrected chi connectivity index (χ4v) is 3.56. The van der Waals surface area contributed by atoms with Crippen LogP contribution in [0.5, 0.6) is 0 Å². The van der Waals surface area contributed by atoms with Gasteiger partial charge < -0.3 is 4.90 Å². The Kier molecular flexibility index (Phi) is 4.97. The first-order valence-electron chi connectivity index (χ1n) is 5.81. The highest BCUT2D eigenvalue weighted by Gasteiger charge is 2.26. The van der Waals surface area contributed by atoms with Crippen LogP contribution in [0.3, 0.4) is 0 Å². The van der Waals surface area contributed by atoms with Crippen LogP contribution in [0.25, 0.3) is 0 Å². The SMILES string of the molecule is CN(Cc1cc(Br)cs1)C(=O)c1c(Cl)cccc1[N+](=O)[O-]. The molecule has 21 heavy (non-hydrogen) atoms. The van der Waals surface area contributed by atoms with Crippen molar-refractivity contribution >= 4 is 50.5 Å². The van der Waals surface area contributed by atoms with E-state index < -0.39 is 10.8 Å². The van der Waals surface area contributed by atoms with Crippen LogP contribution < -0.4 is 0 Å². The van der Waals surface area contributed by atoms with Gasteiger partial charge in [-0.1, -0.05) is 17.7 Å². The third-order valence-electron chi connectivity index (χ3n) is 2.76. The summed E-state index contributed by atoms with van der Waals surface area (Å²) in [6.07, 6.45) is 0. The molecule has 1 aromatic heterocycles. The van der Waals surface area contributed by atoms with Crippen molar-refractivity contribution in [2.45, 2.75) is 6.54 Å². The Hall–Kier alpha value is -1.44. The molecule has 0 bridgehead atoms. The summed E-state index contributed by atoms with van der Waals surface area (Å²) in [4.78, 5) is 25.2. The molecule has 0 radical (unpaired) electrons. The third kappa shape index (κ3) is 3.61. The number of carbonyl (C=O) groups is 1. The zero-order valence-electron chi connectivity index (χ0n) is 10.9. The molecule has 1 aromatic carbocycles. The van der Waals surface area contributed by atoms with Crippen molar-refractivity contribution in [2.24, 2.45) is 0 Å². The van der Waals surface area contributed by atoms with Crippen molar-refractivity contribution in [3.8, 4) is 0 Å². The van der Waals surface area contributed by atoms with Gasteiger partial charge in [-0.05, 0) is 28.1 Å². The lowest BCUT2D eigenvalue weighted by Crippen LogP contribution is -2.26. The third-order valence-corrected chi connectivity index (χ3v) is 4.76. The summed E-state index contributed by atoms with van der Waals surface area (Å²) in [6, 6.07) is 6.09. The van der Waals surface area contributed by atoms with Crippen molar-refractivity contribution in [1.29, 1.82) is 0 Å². The number of nitro benzene ring substituents is 1. The predicted molar refractivity (Wildman–Crippen MR) is 85.9 cm³/mol. The number of thiophene rings is 1. The lowest BCUT2D eigenvalue weighted by molar-refractivity contribution is -0.385. The minimum Gasteiger partial charge on any atom is -0.336 e. The Morgan fingerprint density at radius 1 is 1.52 bits per heavy atom. The van der Waals surface area contributed by atoms with Gasteiger partial charge in [-0.25, -0.2) is 0 Å². The molecule has 0 fully saturated rings. The van der Waals surface area contributed by atoms with Gasteiger partial charge >= 0.3 is 0 Å². The van der Waals surface area contributed by atoms with E-state index in [1.165, 1.54) is 34.4 Å². The first-order chi connectivity index (χ1) is 9.90. The van der Waals surface area contributed by atoms with Crippen LogP contribution in [-0.4, -0.2) is 22.8 Å². The maximum atomic E-state index is 12.4. The van der Waals surface area contributed by atoms with Crippen molar-refractivity contribution in [3.05, 3.63) is 59.7 Å². The van der Waals surface area contributed by atoms with E-state index in [1.807, 2.05) is 11.4 Å². The van der Waals surface area contributed by atoms with Crippen LogP contribution in [0.4, 0.5) is 5.69 Å². The van der Waals surface area contributed by atoms with Gasteiger partial charge in [-0.3, -0.25) is 14.9 Å². The van der Waals surface area contributed by atoms with E-state index in [2.05, 4.69) is 15.9 Å². The molecule has 0 aliphatic rings. The lowest BCUT2D eigenvalue weighted by atomic mass is 10.1. The van der Waals surface area contributed by atoms with Crippen molar-refractivity contribution in [3.63, 3.8) is 0 Å². The van der Waals surface area contributed by atoms with E-state index in [-0.39, 0.29) is 16.3 Å². The van der Waals surface area contributed by atoms with Gasteiger partial charge in [0.2, 0.25) is 0 Å². The summed E-state index contributed by atoms with van der Waals surface area (Å²) in [7, 11) is 1.59. The molecule has 2 aromatic rings. The molecule has 5 nitrogen and oxygen atoms in total. The van der Waals surface area contributed by atoms with Crippen molar-refractivity contribution in [2.75, 3.05) is 7.05 Å². The quantitative estimate of drug-likeness (QED) is 0.577. The van der Waals surface area contributed by atoms with E-state index in [0.717, 1.165) is 9.35 Å². The van der Waals surface area contributed by atoms with Crippen LogP contribution in [0, 0.1) is 10.1 Å². The van der Waals surface area contributed by atoms with Gasteiger partial charge in [-0.2, -0.15) is 0 Å². The second kappa shape index (κ2) is 6.55. The molecular weight excluding hydrogens is 380 g/mol. The fourth-order valence-electron chi connectivity index (χ4n) is 1.81. The Morgan fingerprint density at radius 2 is 2.24 bits per heavy atom. The van der Waals surface area contributed by atoms with Gasteiger partial charge in [0.15, 0.2) is 0 Å². The predicted octanol–water partition coefficient (Wildman–Crippen LogP) is 4.34. The second-order valence-electron chi connectivity index (χ2n) is 4.28. The topological polar surface area (TPSA) is 63.5 Å². The highest BCUT2D eigenvalue weighted by Crippen LogP contribution is 2.28. The molecule has 0 saturated carbocycles. The lowest BCUT2D eigenvalue weighted by Gasteiger charge is -2.17. The summed E-state index contributed by atoms with van der Waals surface area (Å²) in [6.45, 7) is 0.359. The summed E-state index contributed by atoms with van der Waals surface area (Å²) in [5.74, 6) is -0.475. The molecule has 1 amide bonds. The maximum Gasteiger partial charge on any atom is 0.283 e. The van der Waals surface area contributed by atoms with E-state index in [9.17, 15) is 14.9 Å². The van der Waals surface area contributed by atoms with Crippen LogP contribution in [0.2, 0.25) is 5.02 Å². The van der Waals surface area contributed by atoms with E-state index in [4.69, 9.17) is 11.6 Å². The normalized spacial score (nSPS) is 10.4. The summed E-state index contributed by atoms with van der Waals surface area (Å²) in [5, 5.41) is 13.0. The second-order valence-corrected chi connectivity index (χ2v) is 6.60. The first kappa shape index (κ1) is 15.9. The summed E-state index contributed by atoms with van der Waals surface area (Å²) in [5.41, 5.74) is -0.367. The molecule has 2 rings (SSSR count).